The van der Waals surface area contributed by atoms with Gasteiger partial charge in [0.1, 0.15) is 29.6 Å². The van der Waals surface area contributed by atoms with Crippen molar-refractivity contribution in [2.75, 3.05) is 20.8 Å². The predicted molar refractivity (Wildman–Crippen MR) is 295 cm³/mol. The number of rotatable bonds is 11. The second-order valence-corrected chi connectivity index (χ2v) is 25.8. The maximum Gasteiger partial charge on any atom is 0.407 e. The van der Waals surface area contributed by atoms with E-state index in [1.54, 1.807) is 26.8 Å². The summed E-state index contributed by atoms with van der Waals surface area (Å²) in [6.45, 7) is 20.6. The van der Waals surface area contributed by atoms with Gasteiger partial charge in [0.2, 0.25) is 5.78 Å². The van der Waals surface area contributed by atoms with E-state index in [0.717, 1.165) is 5.57 Å². The van der Waals surface area contributed by atoms with Gasteiger partial charge in [-0.15, -0.1) is 0 Å². The lowest BCUT2D eigenvalue weighted by molar-refractivity contribution is -0.335. The Labute approximate surface area is 482 Å². The fourth-order valence-electron chi connectivity index (χ4n) is 15.7. The van der Waals surface area contributed by atoms with Crippen LogP contribution in [0.4, 0.5) is 4.79 Å². The SMILES string of the molecule is COC(=O)NC1C(C)OC(O[C@H]2C/C=C(\C)[C@@H]3C=C[C@@H]4[C@@H](OC5CC(OC6CC(O)C(OC7CC(O)C(OC)C(C)O7)C(C)O6)C(O)C(C)O5)[C@@H](C)C[C@H](C)[C@H]4[C@]3(C)/C(O)=C3\C(=O)O[C@]4(C[C@@H](C)C(CO)=C[C@H]4/C=C/2C)C3=O)CC1(C)N. The molecule has 460 valence electrons. The van der Waals surface area contributed by atoms with Crippen molar-refractivity contribution >= 4 is 17.8 Å². The zero-order chi connectivity index (χ0) is 59.7. The maximum atomic E-state index is 15.6. The van der Waals surface area contributed by atoms with Gasteiger partial charge >= 0.3 is 12.1 Å². The number of nitrogens with one attached hydrogen (secondary N) is 1. The van der Waals surface area contributed by atoms with Crippen molar-refractivity contribution in [3.63, 3.8) is 0 Å². The fourth-order valence-corrected chi connectivity index (χ4v) is 15.7. The van der Waals surface area contributed by atoms with Crippen LogP contribution in [0.2, 0.25) is 0 Å². The Kier molecular flexibility index (Phi) is 18.9. The van der Waals surface area contributed by atoms with Gasteiger partial charge in [-0.2, -0.15) is 0 Å². The van der Waals surface area contributed by atoms with Gasteiger partial charge in [0, 0.05) is 67.9 Å². The van der Waals surface area contributed by atoms with Crippen molar-refractivity contribution in [3.8, 4) is 0 Å². The molecule has 5 saturated heterocycles. The number of alkyl carbamates (subject to hydrolysis) is 1. The van der Waals surface area contributed by atoms with Gasteiger partial charge in [-0.25, -0.2) is 9.59 Å². The first-order valence-corrected chi connectivity index (χ1v) is 29.7. The molecule has 0 aromatic heterocycles. The highest BCUT2D eigenvalue weighted by Crippen LogP contribution is 2.61. The number of ether oxygens (including phenoxy) is 11. The Balaban J connectivity index is 1.00. The summed E-state index contributed by atoms with van der Waals surface area (Å²) in [5.74, 6) is -4.54. The monoisotopic (exact) mass is 1160 g/mol. The number of ketones is 1. The number of aliphatic hydroxyl groups is 5. The van der Waals surface area contributed by atoms with Crippen molar-refractivity contribution in [2.24, 2.45) is 52.6 Å². The third kappa shape index (κ3) is 11.8. The molecule has 16 unspecified atom stereocenters. The minimum atomic E-state index is -1.75. The molecule has 5 aliphatic heterocycles. The average Bonchev–Trinajstić information content (AvgIpc) is 3.56. The first-order chi connectivity index (χ1) is 38.6. The summed E-state index contributed by atoms with van der Waals surface area (Å²) in [6, 6.07) is -0.595. The first-order valence-electron chi connectivity index (χ1n) is 29.7. The van der Waals surface area contributed by atoms with Crippen LogP contribution in [-0.4, -0.2) is 180 Å². The van der Waals surface area contributed by atoms with Crippen LogP contribution >= 0.6 is 0 Å². The van der Waals surface area contributed by atoms with Crippen molar-refractivity contribution in [1.82, 2.24) is 5.32 Å². The number of amides is 1. The molecular formula is C61H92N2O19. The van der Waals surface area contributed by atoms with E-state index in [0.29, 0.717) is 24.0 Å². The number of nitrogens with two attached hydrogens (primary N) is 1. The molecule has 6 fully saturated rings. The van der Waals surface area contributed by atoms with Gasteiger partial charge in [-0.1, -0.05) is 63.6 Å². The smallest absolute Gasteiger partial charge is 0.407 e. The summed E-state index contributed by atoms with van der Waals surface area (Å²) < 4.78 is 68.4. The number of aliphatic hydroxyl groups excluding tert-OH is 5. The van der Waals surface area contributed by atoms with Crippen LogP contribution in [0.3, 0.4) is 0 Å². The summed E-state index contributed by atoms with van der Waals surface area (Å²) in [6.07, 6.45) is -1.16. The number of Topliss-reactive ketones (excluding diaryl/α,β-unsaturated/α-hetero) is 1. The normalized spacial score (nSPS) is 50.3. The van der Waals surface area contributed by atoms with Crippen LogP contribution in [0.25, 0.3) is 0 Å². The summed E-state index contributed by atoms with van der Waals surface area (Å²) in [5.41, 5.74) is 4.75. The summed E-state index contributed by atoms with van der Waals surface area (Å²) >= 11 is 0. The molecule has 8 N–H and O–H groups in total. The van der Waals surface area contributed by atoms with E-state index in [1.165, 1.54) is 14.2 Å². The van der Waals surface area contributed by atoms with Crippen LogP contribution < -0.4 is 11.1 Å². The molecule has 21 nitrogen and oxygen atoms in total. The first kappa shape index (κ1) is 62.9. The fraction of sp³-hybridized carbons (Fsp3) is 0.787. The molecule has 1 saturated carbocycles. The lowest BCUT2D eigenvalue weighted by Crippen LogP contribution is -2.66. The Morgan fingerprint density at radius 1 is 0.744 bits per heavy atom. The van der Waals surface area contributed by atoms with E-state index in [1.807, 2.05) is 47.6 Å². The van der Waals surface area contributed by atoms with Crippen LogP contribution in [-0.2, 0) is 61.7 Å². The van der Waals surface area contributed by atoms with Gasteiger partial charge in [0.15, 0.2) is 30.8 Å². The number of carbonyl (C=O) groups is 3. The number of fused-ring (bicyclic) bond motifs is 4. The molecule has 0 aromatic carbocycles. The molecule has 1 spiro atoms. The highest BCUT2D eigenvalue weighted by Gasteiger charge is 2.64. The Hall–Kier alpha value is -3.65. The summed E-state index contributed by atoms with van der Waals surface area (Å²) in [4.78, 5) is 42.6. The van der Waals surface area contributed by atoms with E-state index in [4.69, 9.17) is 57.8 Å². The van der Waals surface area contributed by atoms with E-state index in [2.05, 4.69) is 37.4 Å². The van der Waals surface area contributed by atoms with E-state index in [-0.39, 0.29) is 73.7 Å². The molecule has 0 aromatic rings. The lowest BCUT2D eigenvalue weighted by Gasteiger charge is -2.56. The third-order valence-electron chi connectivity index (χ3n) is 19.9. The minimum absolute atomic E-state index is 0.0320. The minimum Gasteiger partial charge on any atom is -0.511 e. The van der Waals surface area contributed by atoms with Crippen molar-refractivity contribution < 1.29 is 92.0 Å². The highest BCUT2D eigenvalue weighted by atomic mass is 16.7. The number of carbonyl (C=O) groups excluding carboxylic acids is 3. The van der Waals surface area contributed by atoms with Gasteiger partial charge in [-0.05, 0) is 96.1 Å². The van der Waals surface area contributed by atoms with Crippen LogP contribution in [0, 0.1) is 46.8 Å². The third-order valence-corrected chi connectivity index (χ3v) is 19.9. The zero-order valence-electron chi connectivity index (χ0n) is 49.9. The Bertz CT molecular complexity index is 2490. The topological polar surface area (TPSA) is 292 Å². The van der Waals surface area contributed by atoms with Gasteiger partial charge in [0.05, 0.1) is 74.7 Å². The highest BCUT2D eigenvalue weighted by molar-refractivity contribution is 6.26. The van der Waals surface area contributed by atoms with E-state index < -0.39 is 157 Å². The van der Waals surface area contributed by atoms with Crippen molar-refractivity contribution in [1.29, 1.82) is 0 Å². The summed E-state index contributed by atoms with van der Waals surface area (Å²) in [5, 5.41) is 60.3. The van der Waals surface area contributed by atoms with Gasteiger partial charge in [0.25, 0.3) is 0 Å². The number of allylic oxidation sites excluding steroid dienone is 3. The number of hydrogen-bond donors (Lipinski definition) is 7. The molecule has 21 heteroatoms. The molecule has 5 heterocycles. The lowest BCUT2D eigenvalue weighted by atomic mass is 9.49. The molecule has 0 radical (unpaired) electrons. The Morgan fingerprint density at radius 3 is 2.00 bits per heavy atom. The number of esters is 1. The average molecular weight is 1160 g/mol. The molecule has 82 heavy (non-hydrogen) atoms. The quantitative estimate of drug-likeness (QED) is 0.0789. The molecule has 2 bridgehead atoms. The van der Waals surface area contributed by atoms with E-state index in [9.17, 15) is 35.1 Å². The molecular weight excluding hydrogens is 1060 g/mol. The van der Waals surface area contributed by atoms with E-state index >= 15 is 4.79 Å². The Morgan fingerprint density at radius 2 is 1.37 bits per heavy atom. The molecule has 4 aliphatic carbocycles. The molecule has 9 aliphatic rings. The van der Waals surface area contributed by atoms with Crippen LogP contribution in [0.5, 0.6) is 0 Å². The van der Waals surface area contributed by atoms with Crippen LogP contribution in [0.15, 0.2) is 58.4 Å². The largest absolute Gasteiger partial charge is 0.511 e. The van der Waals surface area contributed by atoms with Gasteiger partial charge < -0.3 is 88.7 Å². The second kappa shape index (κ2) is 24.6. The zero-order valence-corrected chi connectivity index (χ0v) is 49.9. The molecule has 27 atom stereocenters. The predicted octanol–water partition coefficient (Wildman–Crippen LogP) is 5.25. The van der Waals surface area contributed by atoms with Gasteiger partial charge in [-0.3, -0.25) is 4.79 Å². The van der Waals surface area contributed by atoms with Crippen LogP contribution in [0.1, 0.15) is 121 Å². The molecule has 1 amide bonds. The standard InChI is InChI=1S/C61H92N2O19/c1-27-14-17-42(78-47-25-59(10,62)54(35(9)77-47)63-58(71)73-13)28(2)19-37-20-36(26-64)31(5)24-61(37)56(69)48(57(70)82-61)55(68)60(11)39(27)16-15-38-49(60)29(3)18-30(4)51(38)80-46-23-43(50(67)32(6)74-46)79-44-22-41(66)53(34(8)76-44)81-45-21-40(65)52(72-12)33(7)75-45/h14-16,19-20,29-35,37-47,49-54,64-68H,17-18,21-26,62H2,1-13H3,(H,63,71)/b27-14+,28-19+,55-48+/t29-,30-,31+,32?,33?,34?,35?,37+,38-,39-,40?,41?,42-,43?,44?,45?,46?,47?,49+,50?,51-,52?,53?,54?,59?,60+,61-/m0/s1. The van der Waals surface area contributed by atoms with Crippen molar-refractivity contribution in [2.45, 2.75) is 237 Å². The maximum absolute atomic E-state index is 15.6. The number of methoxy groups -OCH3 is 2. The summed E-state index contributed by atoms with van der Waals surface area (Å²) in [7, 11) is 2.79. The second-order valence-electron chi connectivity index (χ2n) is 25.8. The van der Waals surface area contributed by atoms with Crippen molar-refractivity contribution in [3.05, 3.63) is 58.4 Å². The number of hydrogen-bond acceptors (Lipinski definition) is 20. The molecule has 9 rings (SSSR count).